The van der Waals surface area contributed by atoms with Crippen LogP contribution in [0.5, 0.6) is 0 Å². The van der Waals surface area contributed by atoms with Gasteiger partial charge in [0.2, 0.25) is 0 Å². The third kappa shape index (κ3) is 3.93. The van der Waals surface area contributed by atoms with Crippen LogP contribution in [0.2, 0.25) is 0 Å². The number of benzene rings is 1. The van der Waals surface area contributed by atoms with Gasteiger partial charge < -0.3 is 14.7 Å². The summed E-state index contributed by atoms with van der Waals surface area (Å²) in [6.45, 7) is 2.56. The van der Waals surface area contributed by atoms with Crippen molar-refractivity contribution in [2.24, 2.45) is 0 Å². The Kier molecular flexibility index (Phi) is 4.82. The van der Waals surface area contributed by atoms with Gasteiger partial charge in [0.1, 0.15) is 11.9 Å². The fourth-order valence-electron chi connectivity index (χ4n) is 2.83. The van der Waals surface area contributed by atoms with Gasteiger partial charge in [0.25, 0.3) is 0 Å². The Balaban J connectivity index is 1.83. The van der Waals surface area contributed by atoms with Crippen LogP contribution in [0.25, 0.3) is 0 Å². The van der Waals surface area contributed by atoms with E-state index in [1.165, 1.54) is 12.3 Å². The van der Waals surface area contributed by atoms with Crippen LogP contribution in [0.15, 0.2) is 36.7 Å². The summed E-state index contributed by atoms with van der Waals surface area (Å²) >= 11 is 0. The molecule has 2 aromatic rings. The molecule has 138 valence electrons. The normalized spacial score (nSPS) is 20.8. The van der Waals surface area contributed by atoms with Crippen LogP contribution in [0.3, 0.4) is 0 Å². The molecule has 0 aliphatic carbocycles. The quantitative estimate of drug-likeness (QED) is 0.898. The number of carbonyl (C=O) groups is 1. The minimum absolute atomic E-state index is 0.176. The van der Waals surface area contributed by atoms with Gasteiger partial charge in [-0.2, -0.15) is 13.2 Å². The van der Waals surface area contributed by atoms with E-state index in [1.54, 1.807) is 6.07 Å². The van der Waals surface area contributed by atoms with E-state index in [1.807, 2.05) is 11.8 Å². The third-order valence-corrected chi connectivity index (χ3v) is 4.03. The van der Waals surface area contributed by atoms with Crippen LogP contribution < -0.4 is 4.90 Å². The maximum Gasteiger partial charge on any atom is 0.416 e. The van der Waals surface area contributed by atoms with E-state index in [2.05, 4.69) is 9.97 Å². The molecule has 0 saturated carbocycles. The number of rotatable bonds is 3. The maximum absolute atomic E-state index is 12.9. The molecule has 26 heavy (non-hydrogen) atoms. The number of hydrogen-bond acceptors (Lipinski definition) is 5. The summed E-state index contributed by atoms with van der Waals surface area (Å²) in [6.07, 6.45) is -2.75. The van der Waals surface area contributed by atoms with Crippen molar-refractivity contribution >= 4 is 11.8 Å². The number of aromatic carboxylic acids is 1. The second kappa shape index (κ2) is 6.91. The molecule has 0 spiro atoms. The Labute approximate surface area is 147 Å². The van der Waals surface area contributed by atoms with Crippen LogP contribution in [0.4, 0.5) is 19.0 Å². The highest BCUT2D eigenvalue weighted by molar-refractivity contribution is 5.84. The summed E-state index contributed by atoms with van der Waals surface area (Å²) < 4.78 is 44.6. The number of carboxylic acids is 1. The largest absolute Gasteiger partial charge is 0.476 e. The molecule has 1 saturated heterocycles. The Morgan fingerprint density at radius 2 is 2.04 bits per heavy atom. The van der Waals surface area contributed by atoms with Crippen LogP contribution >= 0.6 is 0 Å². The zero-order chi connectivity index (χ0) is 18.9. The number of aromatic nitrogens is 2. The Morgan fingerprint density at radius 3 is 2.65 bits per heavy atom. The van der Waals surface area contributed by atoms with E-state index in [0.717, 1.165) is 18.3 Å². The lowest BCUT2D eigenvalue weighted by atomic mass is 10.0. The predicted molar refractivity (Wildman–Crippen MR) is 85.9 cm³/mol. The molecule has 0 bridgehead atoms. The summed E-state index contributed by atoms with van der Waals surface area (Å²) in [5.74, 6) is -0.733. The molecule has 1 fully saturated rings. The maximum atomic E-state index is 12.9. The summed E-state index contributed by atoms with van der Waals surface area (Å²) in [7, 11) is 0. The first-order valence-electron chi connectivity index (χ1n) is 7.87. The number of alkyl halides is 3. The van der Waals surface area contributed by atoms with Gasteiger partial charge in [-0.15, -0.1) is 0 Å². The van der Waals surface area contributed by atoms with Crippen molar-refractivity contribution in [2.75, 3.05) is 18.0 Å². The van der Waals surface area contributed by atoms with Gasteiger partial charge in [-0.05, 0) is 24.6 Å². The van der Waals surface area contributed by atoms with E-state index in [4.69, 9.17) is 9.84 Å². The van der Waals surface area contributed by atoms with E-state index in [0.29, 0.717) is 17.9 Å². The highest BCUT2D eigenvalue weighted by Gasteiger charge is 2.33. The van der Waals surface area contributed by atoms with Gasteiger partial charge in [-0.25, -0.2) is 14.8 Å². The van der Waals surface area contributed by atoms with Gasteiger partial charge in [0.15, 0.2) is 5.69 Å². The molecule has 1 aromatic heterocycles. The van der Waals surface area contributed by atoms with Crippen molar-refractivity contribution < 1.29 is 27.8 Å². The Morgan fingerprint density at radius 1 is 1.27 bits per heavy atom. The lowest BCUT2D eigenvalue weighted by molar-refractivity contribution is -0.137. The van der Waals surface area contributed by atoms with Crippen molar-refractivity contribution in [1.29, 1.82) is 0 Å². The van der Waals surface area contributed by atoms with Gasteiger partial charge in [-0.3, -0.25) is 0 Å². The van der Waals surface area contributed by atoms with Crippen molar-refractivity contribution in [3.63, 3.8) is 0 Å². The fourth-order valence-corrected chi connectivity index (χ4v) is 2.83. The Hall–Kier alpha value is -2.68. The zero-order valence-electron chi connectivity index (χ0n) is 13.8. The molecule has 0 radical (unpaired) electrons. The molecule has 1 N–H and O–H groups in total. The molecule has 9 heteroatoms. The first kappa shape index (κ1) is 18.1. The van der Waals surface area contributed by atoms with E-state index in [-0.39, 0.29) is 18.3 Å². The van der Waals surface area contributed by atoms with Gasteiger partial charge in [0, 0.05) is 13.1 Å². The summed E-state index contributed by atoms with van der Waals surface area (Å²) in [5.41, 5.74) is -0.482. The van der Waals surface area contributed by atoms with Crippen LogP contribution in [0.1, 0.15) is 34.6 Å². The SMILES string of the molecule is CC1CN(c2cnc(C(=O)O)cn2)CC(c2cccc(C(F)(F)F)c2)O1. The topological polar surface area (TPSA) is 75.6 Å². The molecule has 2 atom stereocenters. The lowest BCUT2D eigenvalue weighted by Gasteiger charge is -2.37. The molecule has 2 heterocycles. The van der Waals surface area contributed by atoms with Crippen LogP contribution in [-0.4, -0.2) is 40.2 Å². The van der Waals surface area contributed by atoms with Gasteiger partial charge >= 0.3 is 12.1 Å². The summed E-state index contributed by atoms with van der Waals surface area (Å²) in [4.78, 5) is 20.6. The lowest BCUT2D eigenvalue weighted by Crippen LogP contribution is -2.43. The monoisotopic (exact) mass is 367 g/mol. The van der Waals surface area contributed by atoms with E-state index >= 15 is 0 Å². The first-order chi connectivity index (χ1) is 12.2. The van der Waals surface area contributed by atoms with E-state index < -0.39 is 23.8 Å². The second-order valence-corrected chi connectivity index (χ2v) is 6.03. The molecular formula is C17H16F3N3O3. The van der Waals surface area contributed by atoms with E-state index in [9.17, 15) is 18.0 Å². The standard InChI is InChI=1S/C17H16F3N3O3/c1-10-8-23(15-7-21-13(6-22-15)16(24)25)9-14(26-10)11-3-2-4-12(5-11)17(18,19)20/h2-7,10,14H,8-9H2,1H3,(H,24,25). The van der Waals surface area contributed by atoms with Gasteiger partial charge in [0.05, 0.1) is 24.1 Å². The van der Waals surface area contributed by atoms with Crippen molar-refractivity contribution in [2.45, 2.75) is 25.3 Å². The third-order valence-electron chi connectivity index (χ3n) is 4.03. The van der Waals surface area contributed by atoms with Gasteiger partial charge in [-0.1, -0.05) is 12.1 Å². The molecule has 1 aromatic carbocycles. The number of morpholine rings is 1. The molecular weight excluding hydrogens is 351 g/mol. The van der Waals surface area contributed by atoms with Crippen molar-refractivity contribution in [3.05, 3.63) is 53.5 Å². The molecule has 1 aliphatic rings. The highest BCUT2D eigenvalue weighted by Crippen LogP contribution is 2.33. The average molecular weight is 367 g/mol. The molecule has 1 aliphatic heterocycles. The number of halogens is 3. The van der Waals surface area contributed by atoms with Crippen molar-refractivity contribution in [3.8, 4) is 0 Å². The smallest absolute Gasteiger partial charge is 0.416 e. The van der Waals surface area contributed by atoms with Crippen LogP contribution in [-0.2, 0) is 10.9 Å². The summed E-state index contributed by atoms with van der Waals surface area (Å²) in [6, 6.07) is 5.05. The number of carboxylic acid groups (broad SMARTS) is 1. The fraction of sp³-hybridized carbons (Fsp3) is 0.353. The molecule has 2 unspecified atom stereocenters. The predicted octanol–water partition coefficient (Wildman–Crippen LogP) is 3.16. The minimum Gasteiger partial charge on any atom is -0.476 e. The average Bonchev–Trinajstić information content (AvgIpc) is 2.60. The first-order valence-corrected chi connectivity index (χ1v) is 7.87. The molecule has 6 nitrogen and oxygen atoms in total. The molecule has 3 rings (SSSR count). The minimum atomic E-state index is -4.42. The highest BCUT2D eigenvalue weighted by atomic mass is 19.4. The molecule has 0 amide bonds. The Bertz CT molecular complexity index is 796. The second-order valence-electron chi connectivity index (χ2n) is 6.03. The zero-order valence-corrected chi connectivity index (χ0v) is 13.8. The van der Waals surface area contributed by atoms with Crippen molar-refractivity contribution in [1.82, 2.24) is 9.97 Å². The number of nitrogens with zero attached hydrogens (tertiary/aromatic N) is 3. The summed E-state index contributed by atoms with van der Waals surface area (Å²) in [5, 5.41) is 8.88. The van der Waals surface area contributed by atoms with Crippen LogP contribution in [0, 0.1) is 0 Å². The number of hydrogen-bond donors (Lipinski definition) is 1. The number of anilines is 1. The number of ether oxygens (including phenoxy) is 1.